The molecule has 4 nitrogen and oxygen atoms in total. The van der Waals surface area contributed by atoms with E-state index in [2.05, 4.69) is 35.9 Å². The number of hydrogen-bond acceptors (Lipinski definition) is 4. The lowest BCUT2D eigenvalue weighted by Gasteiger charge is -2.59. The van der Waals surface area contributed by atoms with Gasteiger partial charge in [-0.25, -0.2) is 0 Å². The van der Waals surface area contributed by atoms with Gasteiger partial charge in [-0.05, 0) is 73.5 Å². The first-order valence-electron chi connectivity index (χ1n) is 12.0. The molecule has 0 spiro atoms. The van der Waals surface area contributed by atoms with Crippen molar-refractivity contribution in [3.8, 4) is 0 Å². The monoisotopic (exact) mass is 480 g/mol. The minimum atomic E-state index is -0.419. The van der Waals surface area contributed by atoms with Crippen molar-refractivity contribution < 1.29 is 19.0 Å². The third kappa shape index (κ3) is 3.08. The van der Waals surface area contributed by atoms with Gasteiger partial charge in [0.15, 0.2) is 5.79 Å². The number of halogens is 1. The lowest BCUT2D eigenvalue weighted by Crippen LogP contribution is -2.54. The van der Waals surface area contributed by atoms with Crippen LogP contribution in [0.2, 0.25) is 0 Å². The van der Waals surface area contributed by atoms with Crippen LogP contribution < -0.4 is 0 Å². The van der Waals surface area contributed by atoms with Gasteiger partial charge in [-0.1, -0.05) is 41.4 Å². The van der Waals surface area contributed by atoms with E-state index in [4.69, 9.17) is 14.2 Å². The first-order valence-corrected chi connectivity index (χ1v) is 13.2. The number of ether oxygens (including phenoxy) is 3. The van der Waals surface area contributed by atoms with E-state index in [1.807, 2.05) is 0 Å². The highest BCUT2D eigenvalue weighted by molar-refractivity contribution is 9.09. The van der Waals surface area contributed by atoms with Gasteiger partial charge >= 0.3 is 5.97 Å². The van der Waals surface area contributed by atoms with Gasteiger partial charge in [-0.2, -0.15) is 0 Å². The third-order valence-corrected chi connectivity index (χ3v) is 10.7. The molecule has 5 rings (SSSR count). The van der Waals surface area contributed by atoms with Crippen molar-refractivity contribution in [3.63, 3.8) is 0 Å². The van der Waals surface area contributed by atoms with Gasteiger partial charge in [0.25, 0.3) is 0 Å². The smallest absolute Gasteiger partial charge is 0.302 e. The van der Waals surface area contributed by atoms with Gasteiger partial charge in [0.2, 0.25) is 0 Å². The van der Waals surface area contributed by atoms with Crippen LogP contribution in [-0.4, -0.2) is 36.4 Å². The summed E-state index contributed by atoms with van der Waals surface area (Å²) < 4.78 is 18.1. The summed E-state index contributed by atoms with van der Waals surface area (Å²) in [6.45, 7) is 8.04. The summed E-state index contributed by atoms with van der Waals surface area (Å²) in [5, 5.41) is 0.778. The summed E-state index contributed by atoms with van der Waals surface area (Å²) in [6, 6.07) is 0. The van der Waals surface area contributed by atoms with E-state index in [-0.39, 0.29) is 17.5 Å². The second-order valence-electron chi connectivity index (χ2n) is 11.1. The Bertz CT molecular complexity index is 729. The molecule has 0 amide bonds. The molecule has 30 heavy (non-hydrogen) atoms. The third-order valence-electron chi connectivity index (χ3n) is 9.88. The minimum absolute atomic E-state index is 0.0820. The van der Waals surface area contributed by atoms with Gasteiger partial charge in [0.1, 0.15) is 6.10 Å². The van der Waals surface area contributed by atoms with Crippen LogP contribution in [0.4, 0.5) is 0 Å². The Morgan fingerprint density at radius 1 is 1.13 bits per heavy atom. The molecule has 0 aromatic carbocycles. The molecule has 0 radical (unpaired) electrons. The number of rotatable bonds is 3. The van der Waals surface area contributed by atoms with Crippen LogP contribution in [0.1, 0.15) is 72.1 Å². The van der Waals surface area contributed by atoms with Crippen LogP contribution in [0.25, 0.3) is 0 Å². The van der Waals surface area contributed by atoms with E-state index in [0.717, 1.165) is 55.6 Å². The maximum absolute atomic E-state index is 11.5. The van der Waals surface area contributed by atoms with E-state index in [1.165, 1.54) is 39.0 Å². The average Bonchev–Trinajstić information content (AvgIpc) is 3.32. The summed E-state index contributed by atoms with van der Waals surface area (Å²) in [5.41, 5.74) is 2.15. The van der Waals surface area contributed by atoms with Gasteiger partial charge in [0.05, 0.1) is 18.5 Å². The molecule has 0 unspecified atom stereocenters. The Morgan fingerprint density at radius 2 is 1.90 bits per heavy atom. The molecule has 1 heterocycles. The molecular formula is C25H37BrO4. The maximum Gasteiger partial charge on any atom is 0.302 e. The molecule has 1 aliphatic heterocycles. The summed E-state index contributed by atoms with van der Waals surface area (Å²) in [5.74, 6) is 2.21. The number of allylic oxidation sites excluding steroid dienone is 1. The van der Waals surface area contributed by atoms with Crippen LogP contribution >= 0.6 is 15.9 Å². The Labute approximate surface area is 189 Å². The predicted octanol–water partition coefficient (Wildman–Crippen LogP) is 5.64. The molecule has 1 saturated heterocycles. The molecule has 7 atom stereocenters. The van der Waals surface area contributed by atoms with Crippen molar-refractivity contribution in [3.05, 3.63) is 11.6 Å². The van der Waals surface area contributed by atoms with Crippen molar-refractivity contribution >= 4 is 21.9 Å². The van der Waals surface area contributed by atoms with Gasteiger partial charge in [0, 0.05) is 19.3 Å². The normalized spacial score (nSPS) is 47.1. The highest BCUT2D eigenvalue weighted by Gasteiger charge is 2.63. The van der Waals surface area contributed by atoms with Crippen molar-refractivity contribution in [2.24, 2.45) is 34.5 Å². The highest BCUT2D eigenvalue weighted by Crippen LogP contribution is 2.68. The summed E-state index contributed by atoms with van der Waals surface area (Å²) in [4.78, 5) is 11.5. The maximum atomic E-state index is 11.5. The standard InChI is InChI=1S/C25H37BrO4/c1-16(27)30-18-8-10-23(2)17(14-18)4-5-19-20-6-7-22(24(20,3)11-9-21(19)23)25(15-26)28-12-13-29-25/h4,18-22H,5-15H2,1-3H3/t18-,19+,20+,21+,22+,23-,24+/m0/s1. The second-order valence-corrected chi connectivity index (χ2v) is 11.6. The van der Waals surface area contributed by atoms with Crippen molar-refractivity contribution in [1.82, 2.24) is 0 Å². The zero-order valence-corrected chi connectivity index (χ0v) is 20.3. The van der Waals surface area contributed by atoms with Crippen LogP contribution in [0.3, 0.4) is 0 Å². The van der Waals surface area contributed by atoms with Crippen molar-refractivity contribution in [2.45, 2.75) is 84.0 Å². The van der Waals surface area contributed by atoms with E-state index in [0.29, 0.717) is 11.3 Å². The van der Waals surface area contributed by atoms with Gasteiger partial charge in [-0.3, -0.25) is 4.79 Å². The molecule has 3 saturated carbocycles. The zero-order valence-electron chi connectivity index (χ0n) is 18.8. The van der Waals surface area contributed by atoms with Crippen molar-refractivity contribution in [2.75, 3.05) is 18.5 Å². The molecule has 4 fully saturated rings. The van der Waals surface area contributed by atoms with Crippen LogP contribution in [0.5, 0.6) is 0 Å². The summed E-state index contributed by atoms with van der Waals surface area (Å²) >= 11 is 3.73. The van der Waals surface area contributed by atoms with Crippen LogP contribution in [-0.2, 0) is 19.0 Å². The van der Waals surface area contributed by atoms with Crippen LogP contribution in [0, 0.1) is 34.5 Å². The first kappa shape index (κ1) is 21.5. The molecule has 168 valence electrons. The predicted molar refractivity (Wildman–Crippen MR) is 119 cm³/mol. The Balaban J connectivity index is 1.39. The fraction of sp³-hybridized carbons (Fsp3) is 0.880. The Hall–Kier alpha value is -0.390. The van der Waals surface area contributed by atoms with E-state index in [1.54, 1.807) is 5.57 Å². The molecule has 0 aromatic rings. The number of fused-ring (bicyclic) bond motifs is 5. The highest BCUT2D eigenvalue weighted by atomic mass is 79.9. The quantitative estimate of drug-likeness (QED) is 0.298. The lowest BCUT2D eigenvalue weighted by molar-refractivity contribution is -0.210. The fourth-order valence-corrected chi connectivity index (χ4v) is 9.24. The first-order chi connectivity index (χ1) is 14.3. The van der Waals surface area contributed by atoms with Gasteiger partial charge < -0.3 is 14.2 Å². The lowest BCUT2D eigenvalue weighted by atomic mass is 9.47. The topological polar surface area (TPSA) is 44.8 Å². The van der Waals surface area contributed by atoms with E-state index < -0.39 is 5.79 Å². The number of carbonyl (C=O) groups excluding carboxylic acids is 1. The summed E-state index contributed by atoms with van der Waals surface area (Å²) in [7, 11) is 0. The molecule has 5 aliphatic rings. The van der Waals surface area contributed by atoms with Gasteiger partial charge in [-0.15, -0.1) is 0 Å². The number of hydrogen-bond donors (Lipinski definition) is 0. The number of carbonyl (C=O) groups is 1. The molecule has 4 aliphatic carbocycles. The molecule has 5 heteroatoms. The molecule has 0 aromatic heterocycles. The SMILES string of the molecule is CC(=O)O[C@H]1CC[C@@]2(C)C(=CC[C@@H]3[C@H]4CC[C@@H](C5(CBr)OCCO5)[C@]4(C)CC[C@H]32)C1. The fourth-order valence-electron chi connectivity index (χ4n) is 8.53. The van der Waals surface area contributed by atoms with E-state index >= 15 is 0 Å². The number of alkyl halides is 1. The summed E-state index contributed by atoms with van der Waals surface area (Å²) in [6.07, 6.45) is 12.0. The minimum Gasteiger partial charge on any atom is -0.462 e. The molecule has 0 bridgehead atoms. The Kier molecular flexibility index (Phi) is 5.43. The second kappa shape index (κ2) is 7.59. The van der Waals surface area contributed by atoms with Crippen molar-refractivity contribution in [1.29, 1.82) is 0 Å². The number of esters is 1. The van der Waals surface area contributed by atoms with Crippen LogP contribution in [0.15, 0.2) is 11.6 Å². The Morgan fingerprint density at radius 3 is 2.60 bits per heavy atom. The largest absolute Gasteiger partial charge is 0.462 e. The zero-order chi connectivity index (χ0) is 21.1. The average molecular weight is 481 g/mol. The van der Waals surface area contributed by atoms with E-state index in [9.17, 15) is 4.79 Å². The molecular weight excluding hydrogens is 444 g/mol. The molecule has 0 N–H and O–H groups in total.